The first-order chi connectivity index (χ1) is 13.0. The molecule has 0 aromatic rings. The predicted molar refractivity (Wildman–Crippen MR) is 95.2 cm³/mol. The summed E-state index contributed by atoms with van der Waals surface area (Å²) in [4.78, 5) is 27.1. The maximum atomic E-state index is 11.5. The van der Waals surface area contributed by atoms with Crippen molar-refractivity contribution < 1.29 is 67.0 Å². The fourth-order valence-electron chi connectivity index (χ4n) is 0.977. The molecule has 14 nitrogen and oxygen atoms in total. The lowest BCUT2D eigenvalue weighted by atomic mass is 10.2. The third-order valence-electron chi connectivity index (χ3n) is 1.66. The predicted octanol–water partition coefficient (Wildman–Crippen LogP) is 2.56. The molecule has 0 fully saturated rings. The molecule has 18 heteroatoms. The van der Waals surface area contributed by atoms with Crippen molar-refractivity contribution >= 4 is 37.2 Å². The van der Waals surface area contributed by atoms with E-state index in [0.29, 0.717) is 12.5 Å². The maximum absolute atomic E-state index is 11.5. The van der Waals surface area contributed by atoms with Gasteiger partial charge in [0.1, 0.15) is 18.8 Å². The van der Waals surface area contributed by atoms with Crippen molar-refractivity contribution in [2.75, 3.05) is 25.1 Å². The molecule has 0 rings (SSSR count). The summed E-state index contributed by atoms with van der Waals surface area (Å²) in [7, 11) is -6.56. The quantitative estimate of drug-likeness (QED) is 0.0512. The molecule has 0 spiro atoms. The summed E-state index contributed by atoms with van der Waals surface area (Å²) in [5.41, 5.74) is -0.874. The molecule has 0 radical (unpaired) electrons. The fourth-order valence-corrected chi connectivity index (χ4v) is 3.95. The van der Waals surface area contributed by atoms with E-state index in [4.69, 9.17) is 9.63 Å². The van der Waals surface area contributed by atoms with E-state index in [1.165, 1.54) is 0 Å². The van der Waals surface area contributed by atoms with Gasteiger partial charge in [-0.1, -0.05) is 21.6 Å². The molecule has 0 heterocycles. The number of aliphatic hydroxyl groups excluding tert-OH is 1. The highest BCUT2D eigenvalue weighted by atomic mass is 33.1. The lowest BCUT2D eigenvalue weighted by Gasteiger charge is -2.22. The number of hydrogen-bond acceptors (Lipinski definition) is 14. The second-order valence-electron chi connectivity index (χ2n) is 5.09. The zero-order valence-corrected chi connectivity index (χ0v) is 18.4. The molecule has 0 aromatic heterocycles. The minimum absolute atomic E-state index is 0.178. The molecule has 168 valence electrons. The Hall–Kier alpha value is 0.1000. The van der Waals surface area contributed by atoms with Crippen LogP contribution in [0.4, 0.5) is 0 Å². The number of phosphoric acid groups is 2. The Morgan fingerprint density at radius 1 is 0.929 bits per heavy atom. The third kappa shape index (κ3) is 19.4. The van der Waals surface area contributed by atoms with Gasteiger partial charge in [0.05, 0.1) is 18.1 Å². The van der Waals surface area contributed by atoms with Gasteiger partial charge in [-0.05, 0) is 25.8 Å². The highest BCUT2D eigenvalue weighted by Crippen LogP contribution is 2.47. The largest absolute Gasteiger partial charge is 0.527 e. The van der Waals surface area contributed by atoms with E-state index in [1.54, 1.807) is 20.8 Å². The van der Waals surface area contributed by atoms with Crippen molar-refractivity contribution in [3.8, 4) is 0 Å². The summed E-state index contributed by atoms with van der Waals surface area (Å²) in [6, 6.07) is 0. The summed E-state index contributed by atoms with van der Waals surface area (Å²) in [6.45, 7) is 4.05. The van der Waals surface area contributed by atoms with E-state index in [-0.39, 0.29) is 25.1 Å². The van der Waals surface area contributed by atoms with E-state index in [0.717, 1.165) is 21.6 Å². The Labute approximate surface area is 168 Å². The maximum Gasteiger partial charge on any atom is 0.527 e. The molecule has 0 bridgehead atoms. The van der Waals surface area contributed by atoms with Crippen molar-refractivity contribution in [2.45, 2.75) is 26.4 Å². The summed E-state index contributed by atoms with van der Waals surface area (Å²) in [5, 5.41) is 20.3. The molecule has 28 heavy (non-hydrogen) atoms. The van der Waals surface area contributed by atoms with E-state index in [2.05, 4.69) is 38.5 Å². The highest BCUT2D eigenvalue weighted by molar-refractivity contribution is 8.76. The Bertz CT molecular complexity index is 527. The molecule has 0 saturated carbocycles. The Morgan fingerprint density at radius 2 is 1.64 bits per heavy atom. The van der Waals surface area contributed by atoms with E-state index >= 15 is 0 Å². The van der Waals surface area contributed by atoms with Gasteiger partial charge in [0, 0.05) is 10.1 Å². The average Bonchev–Trinajstić information content (AvgIpc) is 2.54. The van der Waals surface area contributed by atoms with Crippen LogP contribution < -0.4 is 0 Å². The van der Waals surface area contributed by atoms with Gasteiger partial charge < -0.3 is 19.4 Å². The van der Waals surface area contributed by atoms with Crippen LogP contribution in [0.2, 0.25) is 0 Å². The van der Waals surface area contributed by atoms with Gasteiger partial charge in [-0.15, -0.1) is 0 Å². The normalized spacial score (nSPS) is 16.6. The standard InChI is InChI=1S/C10H22O14P2S2/c1-10(2,3)21-26(14,15)19-7-5-17-23-24-22-16-4-6-18-25(12,13)20-9-28-27-8-11/h4,6,11H,5,7-9H2,1-3H3,(H,12,13)(H,14,15)/b6-4+. The van der Waals surface area contributed by atoms with Crippen molar-refractivity contribution in [2.24, 2.45) is 0 Å². The number of hydrogen-bond donors (Lipinski definition) is 3. The Morgan fingerprint density at radius 3 is 2.29 bits per heavy atom. The number of rotatable bonds is 17. The van der Waals surface area contributed by atoms with Crippen LogP contribution in [0.3, 0.4) is 0 Å². The van der Waals surface area contributed by atoms with Gasteiger partial charge in [-0.2, -0.15) is 0 Å². The highest BCUT2D eigenvalue weighted by Gasteiger charge is 2.28. The number of aliphatic hydroxyl groups is 1. The van der Waals surface area contributed by atoms with Crippen molar-refractivity contribution in [1.29, 1.82) is 0 Å². The molecule has 0 amide bonds. The second-order valence-corrected chi connectivity index (χ2v) is 10.2. The lowest BCUT2D eigenvalue weighted by molar-refractivity contribution is -0.700. The molecule has 0 saturated heterocycles. The summed E-state index contributed by atoms with van der Waals surface area (Å²) < 4.78 is 41.0. The average molecular weight is 492 g/mol. The van der Waals surface area contributed by atoms with Crippen LogP contribution in [0.15, 0.2) is 12.5 Å². The molecule has 0 aliphatic carbocycles. The van der Waals surface area contributed by atoms with E-state index in [9.17, 15) is 18.9 Å². The van der Waals surface area contributed by atoms with Crippen LogP contribution in [-0.4, -0.2) is 45.6 Å². The summed E-state index contributed by atoms with van der Waals surface area (Å²) in [6.07, 6.45) is 1.30. The van der Waals surface area contributed by atoms with Crippen molar-refractivity contribution in [3.05, 3.63) is 12.5 Å². The van der Waals surface area contributed by atoms with Gasteiger partial charge in [0.2, 0.25) is 0 Å². The van der Waals surface area contributed by atoms with Crippen LogP contribution in [-0.2, 0) is 52.1 Å². The van der Waals surface area contributed by atoms with E-state index in [1.807, 2.05) is 0 Å². The fraction of sp³-hybridized carbons (Fsp3) is 0.800. The van der Waals surface area contributed by atoms with Crippen molar-refractivity contribution in [3.63, 3.8) is 0 Å². The number of phosphoric ester groups is 2. The SMILES string of the molecule is CC(C)(C)OP(=O)(O)OCCOOOOO/C=C/OP(=O)(O)OCSSCO. The van der Waals surface area contributed by atoms with Gasteiger partial charge in [-0.25, -0.2) is 14.0 Å². The van der Waals surface area contributed by atoms with E-state index < -0.39 is 21.2 Å². The Balaban J connectivity index is 3.62. The minimum atomic E-state index is -4.34. The smallest absolute Gasteiger partial charge is 0.409 e. The summed E-state index contributed by atoms with van der Waals surface area (Å²) >= 11 is 0. The van der Waals surface area contributed by atoms with Crippen LogP contribution in [0, 0.1) is 0 Å². The van der Waals surface area contributed by atoms with Gasteiger partial charge in [-0.3, -0.25) is 18.5 Å². The van der Waals surface area contributed by atoms with Gasteiger partial charge >= 0.3 is 15.6 Å². The minimum Gasteiger partial charge on any atom is -0.409 e. The van der Waals surface area contributed by atoms with Gasteiger partial charge in [0.25, 0.3) is 0 Å². The first-order valence-corrected chi connectivity index (χ1v) is 12.6. The molecule has 3 N–H and O–H groups in total. The topological polar surface area (TPSA) is 178 Å². The van der Waals surface area contributed by atoms with Crippen LogP contribution in [0.1, 0.15) is 20.8 Å². The molecule has 0 aliphatic heterocycles. The van der Waals surface area contributed by atoms with Gasteiger partial charge in [0.15, 0.2) is 6.26 Å². The molecule has 2 unspecified atom stereocenters. The molecule has 2 atom stereocenters. The first kappa shape index (κ1) is 28.1. The molecule has 0 aromatic carbocycles. The molecular formula is C10H22O14P2S2. The second kappa shape index (κ2) is 15.0. The van der Waals surface area contributed by atoms with Crippen LogP contribution in [0.25, 0.3) is 0 Å². The summed E-state index contributed by atoms with van der Waals surface area (Å²) in [5.74, 6) is -0.376. The monoisotopic (exact) mass is 492 g/mol. The first-order valence-electron chi connectivity index (χ1n) is 7.10. The van der Waals surface area contributed by atoms with Crippen LogP contribution >= 0.6 is 37.2 Å². The molecule has 0 aliphatic rings. The zero-order chi connectivity index (χ0) is 21.5. The lowest BCUT2D eigenvalue weighted by Crippen LogP contribution is -2.18. The van der Waals surface area contributed by atoms with Crippen molar-refractivity contribution in [1.82, 2.24) is 0 Å². The van der Waals surface area contributed by atoms with Crippen LogP contribution in [0.5, 0.6) is 0 Å². The third-order valence-corrected chi connectivity index (χ3v) is 5.56. The molecular weight excluding hydrogens is 470 g/mol. The Kier molecular flexibility index (Phi) is 15.0. The zero-order valence-electron chi connectivity index (χ0n) is 15.0.